The van der Waals surface area contributed by atoms with Crippen molar-refractivity contribution in [2.45, 2.75) is 45.2 Å². The molecule has 1 aliphatic heterocycles. The van der Waals surface area contributed by atoms with Gasteiger partial charge in [0.05, 0.1) is 18.4 Å². The van der Waals surface area contributed by atoms with Crippen molar-refractivity contribution in [3.63, 3.8) is 0 Å². The van der Waals surface area contributed by atoms with Crippen LogP contribution in [0.15, 0.2) is 41.2 Å². The van der Waals surface area contributed by atoms with E-state index in [0.717, 1.165) is 49.3 Å². The van der Waals surface area contributed by atoms with Crippen LogP contribution in [0.5, 0.6) is 0 Å². The molecule has 2 fully saturated rings. The molecule has 0 spiro atoms. The van der Waals surface area contributed by atoms with Gasteiger partial charge in [-0.15, -0.1) is 0 Å². The topological polar surface area (TPSA) is 77.0 Å². The zero-order valence-electron chi connectivity index (χ0n) is 17.1. The minimum absolute atomic E-state index is 0.0315. The van der Waals surface area contributed by atoms with Crippen LogP contribution in [-0.4, -0.2) is 37.0 Å². The molecule has 30 heavy (non-hydrogen) atoms. The van der Waals surface area contributed by atoms with Crippen molar-refractivity contribution < 1.29 is 9.32 Å². The van der Waals surface area contributed by atoms with Crippen LogP contribution < -0.4 is 0 Å². The van der Waals surface area contributed by atoms with E-state index in [1.165, 1.54) is 0 Å². The summed E-state index contributed by atoms with van der Waals surface area (Å²) in [4.78, 5) is 24.8. The first kappa shape index (κ1) is 17.9. The molecule has 3 aromatic rings. The van der Waals surface area contributed by atoms with E-state index in [2.05, 4.69) is 33.8 Å². The molecule has 6 rings (SSSR count). The van der Waals surface area contributed by atoms with Gasteiger partial charge in [0.1, 0.15) is 5.82 Å². The summed E-state index contributed by atoms with van der Waals surface area (Å²) in [5.41, 5.74) is 2.12. The summed E-state index contributed by atoms with van der Waals surface area (Å²) in [5.74, 6) is 3.30. The molecule has 1 aromatic carbocycles. The maximum Gasteiger partial charge on any atom is 0.231 e. The molecule has 2 aromatic heterocycles. The number of carbonyl (C=O) groups excluding carboxylic acids is 1. The van der Waals surface area contributed by atoms with Gasteiger partial charge in [0.15, 0.2) is 0 Å². The lowest BCUT2D eigenvalue weighted by molar-refractivity contribution is -0.139. The Kier molecular flexibility index (Phi) is 4.04. The molecule has 7 nitrogen and oxygen atoms in total. The van der Waals surface area contributed by atoms with Gasteiger partial charge in [-0.1, -0.05) is 28.9 Å². The van der Waals surface area contributed by atoms with E-state index >= 15 is 0 Å². The number of imidazole rings is 1. The molecule has 2 bridgehead atoms. The molecule has 2 aliphatic carbocycles. The zero-order chi connectivity index (χ0) is 20.2. The highest BCUT2D eigenvalue weighted by molar-refractivity contribution is 5.81. The van der Waals surface area contributed by atoms with Gasteiger partial charge < -0.3 is 14.0 Å². The predicted molar refractivity (Wildman–Crippen MR) is 109 cm³/mol. The quantitative estimate of drug-likeness (QED) is 0.670. The van der Waals surface area contributed by atoms with Gasteiger partial charge in [-0.3, -0.25) is 4.79 Å². The largest absolute Gasteiger partial charge is 0.339 e. The number of carbonyl (C=O) groups is 1. The molecule has 2 saturated carbocycles. The van der Waals surface area contributed by atoms with Gasteiger partial charge in [-0.25, -0.2) is 4.98 Å². The first-order valence-corrected chi connectivity index (χ1v) is 10.9. The van der Waals surface area contributed by atoms with Crippen molar-refractivity contribution in [2.24, 2.45) is 17.8 Å². The summed E-state index contributed by atoms with van der Waals surface area (Å²) < 4.78 is 7.89. The van der Waals surface area contributed by atoms with Crippen LogP contribution in [-0.2, 0) is 17.9 Å². The maximum atomic E-state index is 13.6. The Morgan fingerprint density at radius 1 is 1.20 bits per heavy atom. The second kappa shape index (κ2) is 6.79. The average molecular weight is 403 g/mol. The third-order valence-electron chi connectivity index (χ3n) is 7.26. The molecule has 1 amide bonds. The summed E-state index contributed by atoms with van der Waals surface area (Å²) in [7, 11) is 0. The molecule has 0 saturated heterocycles. The number of amides is 1. The Bertz CT molecular complexity index is 1100. The third-order valence-corrected chi connectivity index (χ3v) is 7.26. The Morgan fingerprint density at radius 3 is 3.00 bits per heavy atom. The fraction of sp³-hybridized carbons (Fsp3) is 0.478. The van der Waals surface area contributed by atoms with E-state index in [1.54, 1.807) is 0 Å². The number of aromatic nitrogens is 4. The number of aryl methyl sites for hydroxylation is 1. The fourth-order valence-corrected chi connectivity index (χ4v) is 5.85. The summed E-state index contributed by atoms with van der Waals surface area (Å²) in [5, 5.41) is 4.26. The molecule has 3 heterocycles. The average Bonchev–Trinajstić information content (AvgIpc) is 3.55. The van der Waals surface area contributed by atoms with Crippen molar-refractivity contribution in [1.29, 1.82) is 0 Å². The van der Waals surface area contributed by atoms with Crippen molar-refractivity contribution in [1.82, 2.24) is 24.6 Å². The van der Waals surface area contributed by atoms with E-state index in [9.17, 15) is 4.79 Å². The molecule has 3 aliphatic rings. The minimum atomic E-state index is -0.0592. The Labute approximate surface area is 175 Å². The molecule has 154 valence electrons. The summed E-state index contributed by atoms with van der Waals surface area (Å²) in [6, 6.07) is 8.12. The van der Waals surface area contributed by atoms with E-state index in [-0.39, 0.29) is 17.7 Å². The van der Waals surface area contributed by atoms with Gasteiger partial charge in [0, 0.05) is 31.0 Å². The van der Waals surface area contributed by atoms with E-state index < -0.39 is 0 Å². The van der Waals surface area contributed by atoms with Gasteiger partial charge in [-0.05, 0) is 44.1 Å². The summed E-state index contributed by atoms with van der Waals surface area (Å²) >= 11 is 0. The summed E-state index contributed by atoms with van der Waals surface area (Å²) in [6.45, 7) is 4.19. The Morgan fingerprint density at radius 2 is 2.10 bits per heavy atom. The van der Waals surface area contributed by atoms with Crippen LogP contribution in [0.1, 0.15) is 42.5 Å². The highest BCUT2D eigenvalue weighted by Gasteiger charge is 2.54. The maximum absolute atomic E-state index is 13.6. The standard InChI is InChI=1S/C23H25N5O2/c1-14-3-2-4-17(11-14)21-25-22(30-26-21)19-15-5-6-16(12-15)20(19)23(29)28-10-9-27-8-7-24-18(27)13-28/h2-4,7-8,11,15-16,19-20H,5-6,9-10,12-13H2,1H3/t15-,16+,19+,20+/m1/s1. The number of benzene rings is 1. The summed E-state index contributed by atoms with van der Waals surface area (Å²) in [6.07, 6.45) is 7.16. The van der Waals surface area contributed by atoms with Crippen LogP contribution in [0, 0.1) is 24.7 Å². The molecule has 0 radical (unpaired) electrons. The number of rotatable bonds is 3. The monoisotopic (exact) mass is 403 g/mol. The lowest BCUT2D eigenvalue weighted by atomic mass is 9.78. The highest BCUT2D eigenvalue weighted by Crippen LogP contribution is 2.57. The third kappa shape index (κ3) is 2.79. The molecular formula is C23H25N5O2. The smallest absolute Gasteiger partial charge is 0.231 e. The zero-order valence-corrected chi connectivity index (χ0v) is 17.1. The molecular weight excluding hydrogens is 378 g/mol. The minimum Gasteiger partial charge on any atom is -0.339 e. The van der Waals surface area contributed by atoms with E-state index in [1.807, 2.05) is 29.4 Å². The molecule has 0 unspecified atom stereocenters. The normalized spacial score (nSPS) is 27.4. The lowest BCUT2D eigenvalue weighted by Crippen LogP contribution is -2.44. The van der Waals surface area contributed by atoms with E-state index in [4.69, 9.17) is 9.51 Å². The molecule has 7 heteroatoms. The van der Waals surface area contributed by atoms with Gasteiger partial charge in [0.25, 0.3) is 0 Å². The second-order valence-electron chi connectivity index (χ2n) is 9.01. The lowest BCUT2D eigenvalue weighted by Gasteiger charge is -2.34. The Balaban J connectivity index is 1.29. The number of fused-ring (bicyclic) bond motifs is 3. The van der Waals surface area contributed by atoms with Gasteiger partial charge >= 0.3 is 0 Å². The predicted octanol–water partition coefficient (Wildman–Crippen LogP) is 3.41. The molecule has 0 N–H and O–H groups in total. The first-order chi connectivity index (χ1) is 14.7. The van der Waals surface area contributed by atoms with E-state index in [0.29, 0.717) is 30.1 Å². The van der Waals surface area contributed by atoms with Crippen molar-refractivity contribution in [2.75, 3.05) is 6.54 Å². The fourth-order valence-electron chi connectivity index (χ4n) is 5.85. The number of hydrogen-bond acceptors (Lipinski definition) is 5. The first-order valence-electron chi connectivity index (χ1n) is 10.9. The SMILES string of the molecule is Cc1cccc(-c2noc([C@H]3[C@@H]4CC[C@@H](C4)[C@@H]3C(=O)N3CCn4ccnc4C3)n2)c1. The van der Waals surface area contributed by atoms with Crippen molar-refractivity contribution in [3.8, 4) is 11.4 Å². The number of nitrogens with zero attached hydrogens (tertiary/aromatic N) is 5. The van der Waals surface area contributed by atoms with Crippen molar-refractivity contribution >= 4 is 5.91 Å². The Hall–Kier alpha value is -2.96. The van der Waals surface area contributed by atoms with Gasteiger partial charge in [-0.2, -0.15) is 4.98 Å². The second-order valence-corrected chi connectivity index (χ2v) is 9.01. The van der Waals surface area contributed by atoms with Gasteiger partial charge in [0.2, 0.25) is 17.6 Å². The van der Waals surface area contributed by atoms with Crippen LogP contribution >= 0.6 is 0 Å². The van der Waals surface area contributed by atoms with Crippen molar-refractivity contribution in [3.05, 3.63) is 53.9 Å². The van der Waals surface area contributed by atoms with Crippen LogP contribution in [0.4, 0.5) is 0 Å². The highest BCUT2D eigenvalue weighted by atomic mass is 16.5. The number of hydrogen-bond donors (Lipinski definition) is 0. The van der Waals surface area contributed by atoms with Crippen LogP contribution in [0.3, 0.4) is 0 Å². The molecule has 4 atom stereocenters. The van der Waals surface area contributed by atoms with Crippen LogP contribution in [0.2, 0.25) is 0 Å². The van der Waals surface area contributed by atoms with Crippen LogP contribution in [0.25, 0.3) is 11.4 Å².